The molecule has 0 saturated carbocycles. The lowest BCUT2D eigenvalue weighted by molar-refractivity contribution is 1.02. The fourth-order valence-electron chi connectivity index (χ4n) is 10.4. The molecule has 0 radical (unpaired) electrons. The number of aromatic nitrogens is 2. The van der Waals surface area contributed by atoms with Crippen molar-refractivity contribution < 1.29 is 0 Å². The van der Waals surface area contributed by atoms with Gasteiger partial charge in [-0.15, -0.1) is 0 Å². The van der Waals surface area contributed by atoms with Crippen LogP contribution in [0.4, 0.5) is 0 Å². The Hall–Kier alpha value is -7.94. The van der Waals surface area contributed by atoms with E-state index in [2.05, 4.69) is 234 Å². The second kappa shape index (κ2) is 13.3. The number of hydrogen-bond acceptors (Lipinski definition) is 0. The summed E-state index contributed by atoms with van der Waals surface area (Å²) in [6.07, 6.45) is 0. The smallest absolute Gasteiger partial charge is 0.0548 e. The predicted octanol–water partition coefficient (Wildman–Crippen LogP) is 15.5. The highest BCUT2D eigenvalue weighted by Gasteiger charge is 2.30. The van der Waals surface area contributed by atoms with Crippen molar-refractivity contribution in [1.29, 1.82) is 0 Å². The molecule has 0 aliphatic heterocycles. The molecule has 0 N–H and O–H groups in total. The minimum Gasteiger partial charge on any atom is -0.309 e. The Morgan fingerprint density at radius 2 is 0.852 bits per heavy atom. The van der Waals surface area contributed by atoms with Gasteiger partial charge in [-0.05, 0) is 122 Å². The van der Waals surface area contributed by atoms with Crippen molar-refractivity contribution in [3.8, 4) is 44.8 Å². The molecule has 2 aromatic heterocycles. The van der Waals surface area contributed by atoms with Gasteiger partial charge in [0.1, 0.15) is 0 Å². The van der Waals surface area contributed by atoms with Gasteiger partial charge < -0.3 is 9.13 Å². The predicted molar refractivity (Wildman–Crippen MR) is 256 cm³/mol. The number of nitrogens with zero attached hydrogens (tertiary/aromatic N) is 2. The van der Waals surface area contributed by atoms with E-state index in [-0.39, 0.29) is 5.92 Å². The van der Waals surface area contributed by atoms with E-state index in [1.807, 2.05) is 0 Å². The van der Waals surface area contributed by atoms with Crippen LogP contribution in [-0.4, -0.2) is 9.13 Å². The van der Waals surface area contributed by atoms with Crippen LogP contribution in [0.25, 0.3) is 99.1 Å². The van der Waals surface area contributed by atoms with Crippen molar-refractivity contribution in [2.75, 3.05) is 0 Å². The summed E-state index contributed by atoms with van der Waals surface area (Å²) in [4.78, 5) is 0. The van der Waals surface area contributed by atoms with Gasteiger partial charge in [0.2, 0.25) is 0 Å². The van der Waals surface area contributed by atoms with Crippen molar-refractivity contribution in [2.24, 2.45) is 0 Å². The van der Waals surface area contributed by atoms with Gasteiger partial charge in [-0.3, -0.25) is 0 Å². The highest BCUT2D eigenvalue weighted by molar-refractivity contribution is 6.29. The largest absolute Gasteiger partial charge is 0.309 e. The van der Waals surface area contributed by atoms with Crippen LogP contribution < -0.4 is 0 Å². The highest BCUT2D eigenvalue weighted by atomic mass is 15.0. The van der Waals surface area contributed by atoms with Crippen LogP contribution in [0.15, 0.2) is 224 Å². The van der Waals surface area contributed by atoms with E-state index < -0.39 is 0 Å². The molecular weight excluding hydrogens is 737 g/mol. The molecule has 0 fully saturated rings. The van der Waals surface area contributed by atoms with Crippen molar-refractivity contribution in [3.05, 3.63) is 241 Å². The summed E-state index contributed by atoms with van der Waals surface area (Å²) in [7, 11) is 0. The summed E-state index contributed by atoms with van der Waals surface area (Å²) >= 11 is 0. The molecule has 2 nitrogen and oxygen atoms in total. The molecule has 0 spiro atoms. The lowest BCUT2D eigenvalue weighted by Crippen LogP contribution is -1.99. The Labute approximate surface area is 353 Å². The molecular formula is C59H38N2. The Morgan fingerprint density at radius 3 is 1.67 bits per heavy atom. The summed E-state index contributed by atoms with van der Waals surface area (Å²) in [6, 6.07) is 83.0. The quantitative estimate of drug-likeness (QED) is 0.165. The first-order chi connectivity index (χ1) is 30.3. The minimum atomic E-state index is 0.189. The van der Waals surface area contributed by atoms with E-state index in [1.165, 1.54) is 104 Å². The van der Waals surface area contributed by atoms with E-state index in [0.29, 0.717) is 0 Å². The van der Waals surface area contributed by atoms with Gasteiger partial charge in [-0.25, -0.2) is 0 Å². The molecule has 0 bridgehead atoms. The molecule has 2 heteroatoms. The number of fused-ring (bicyclic) bond motifs is 11. The zero-order valence-corrected chi connectivity index (χ0v) is 33.3. The molecule has 1 atom stereocenters. The van der Waals surface area contributed by atoms with Gasteiger partial charge >= 0.3 is 0 Å². The Kier molecular flexibility index (Phi) is 7.40. The summed E-state index contributed by atoms with van der Waals surface area (Å²) < 4.78 is 4.89. The topological polar surface area (TPSA) is 9.86 Å². The minimum absolute atomic E-state index is 0.189. The fourth-order valence-corrected chi connectivity index (χ4v) is 10.4. The summed E-state index contributed by atoms with van der Waals surface area (Å²) in [5.41, 5.74) is 18.7. The van der Waals surface area contributed by atoms with Crippen molar-refractivity contribution >= 4 is 54.4 Å². The number of benzene rings is 10. The van der Waals surface area contributed by atoms with E-state index >= 15 is 0 Å². The molecule has 61 heavy (non-hydrogen) atoms. The Balaban J connectivity index is 1.04. The second-order valence-corrected chi connectivity index (χ2v) is 16.5. The molecule has 2 heterocycles. The maximum atomic E-state index is 2.46. The monoisotopic (exact) mass is 774 g/mol. The fraction of sp³-hybridized carbons (Fsp3) is 0.0169. The average Bonchev–Trinajstić information content (AvgIpc) is 3.97. The van der Waals surface area contributed by atoms with Crippen LogP contribution >= 0.6 is 0 Å². The van der Waals surface area contributed by atoms with Crippen molar-refractivity contribution in [3.63, 3.8) is 0 Å². The van der Waals surface area contributed by atoms with Gasteiger partial charge in [0, 0.05) is 38.8 Å². The normalized spacial score (nSPS) is 13.4. The van der Waals surface area contributed by atoms with Gasteiger partial charge in [-0.1, -0.05) is 164 Å². The molecule has 10 aromatic carbocycles. The molecule has 0 saturated heterocycles. The van der Waals surface area contributed by atoms with Crippen LogP contribution in [0.3, 0.4) is 0 Å². The van der Waals surface area contributed by atoms with Gasteiger partial charge in [0.15, 0.2) is 0 Å². The molecule has 1 aliphatic carbocycles. The van der Waals surface area contributed by atoms with E-state index in [4.69, 9.17) is 0 Å². The molecule has 0 amide bonds. The Morgan fingerprint density at radius 1 is 0.295 bits per heavy atom. The Bertz CT molecular complexity index is 3680. The maximum Gasteiger partial charge on any atom is 0.0548 e. The average molecular weight is 775 g/mol. The zero-order chi connectivity index (χ0) is 40.0. The molecule has 12 aromatic rings. The van der Waals surface area contributed by atoms with Gasteiger partial charge in [-0.2, -0.15) is 0 Å². The van der Waals surface area contributed by atoms with Crippen LogP contribution in [0.5, 0.6) is 0 Å². The third kappa shape index (κ3) is 5.16. The molecule has 284 valence electrons. The van der Waals surface area contributed by atoms with Crippen LogP contribution in [0, 0.1) is 0 Å². The molecule has 13 rings (SSSR count). The third-order valence-electron chi connectivity index (χ3n) is 13.2. The van der Waals surface area contributed by atoms with E-state index in [1.54, 1.807) is 0 Å². The van der Waals surface area contributed by atoms with Crippen LogP contribution in [0.1, 0.15) is 22.6 Å². The second-order valence-electron chi connectivity index (χ2n) is 16.5. The van der Waals surface area contributed by atoms with Crippen LogP contribution in [-0.2, 0) is 0 Å². The maximum absolute atomic E-state index is 2.46. The zero-order valence-electron chi connectivity index (χ0n) is 33.3. The standard InChI is InChI=1S/C59H38N2/c1-3-13-38(14-4-1)40-25-29-46(30-26-40)61-54-32-28-43(37-52(54)59-56(61)34-33-55-58(59)50-21-11-12-22-53(50)60(55)45-17-5-2-6-18-45)42-27-31-49-51(36-42)47-19-9-10-20-48(47)57(49)44-24-23-39-15-7-8-16-41(39)35-44/h1-37,57H. The molecule has 1 unspecified atom stereocenters. The first kappa shape index (κ1) is 34.0. The summed E-state index contributed by atoms with van der Waals surface area (Å²) in [6.45, 7) is 0. The lowest BCUT2D eigenvalue weighted by atomic mass is 9.87. The summed E-state index contributed by atoms with van der Waals surface area (Å²) in [5.74, 6) is 0.189. The van der Waals surface area contributed by atoms with E-state index in [9.17, 15) is 0 Å². The summed E-state index contributed by atoms with van der Waals surface area (Å²) in [5, 5.41) is 7.61. The number of para-hydroxylation sites is 2. The van der Waals surface area contributed by atoms with E-state index in [0.717, 1.165) is 11.4 Å². The SMILES string of the molecule is c1ccc(-c2ccc(-n3c4ccc(-c5ccc6c(c5)-c5ccccc5C6c5ccc6ccccc6c5)cc4c4c5c6ccccc6n(-c6ccccc6)c5ccc43)cc2)cc1. The number of rotatable bonds is 5. The van der Waals surface area contributed by atoms with Crippen molar-refractivity contribution in [2.45, 2.75) is 5.92 Å². The molecule has 1 aliphatic rings. The van der Waals surface area contributed by atoms with Gasteiger partial charge in [0.05, 0.1) is 22.1 Å². The van der Waals surface area contributed by atoms with Gasteiger partial charge in [0.25, 0.3) is 0 Å². The first-order valence-electron chi connectivity index (χ1n) is 21.2. The highest BCUT2D eigenvalue weighted by Crippen LogP contribution is 2.50. The third-order valence-corrected chi connectivity index (χ3v) is 13.2. The first-order valence-corrected chi connectivity index (χ1v) is 21.2. The number of hydrogen-bond donors (Lipinski definition) is 0. The lowest BCUT2D eigenvalue weighted by Gasteiger charge is -2.16. The van der Waals surface area contributed by atoms with Crippen LogP contribution in [0.2, 0.25) is 0 Å². The van der Waals surface area contributed by atoms with Crippen molar-refractivity contribution in [1.82, 2.24) is 9.13 Å².